The molecule has 2 atom stereocenters. The van der Waals surface area contributed by atoms with Gasteiger partial charge in [0.1, 0.15) is 0 Å². The van der Waals surface area contributed by atoms with Gasteiger partial charge in [-0.3, -0.25) is 4.79 Å². The van der Waals surface area contributed by atoms with Crippen LogP contribution in [-0.2, 0) is 16.1 Å². The average molecular weight is 352 g/mol. The average Bonchev–Trinajstić information content (AvgIpc) is 3.21. The Balaban J connectivity index is 1.52. The first-order chi connectivity index (χ1) is 12.8. The van der Waals surface area contributed by atoms with E-state index in [4.69, 9.17) is 4.74 Å². The van der Waals surface area contributed by atoms with Crippen molar-refractivity contribution < 1.29 is 9.53 Å². The number of nitrogens with one attached hydrogen (secondary N) is 2. The topological polar surface area (TPSA) is 50.4 Å². The normalized spacial score (nSPS) is 17.8. The van der Waals surface area contributed by atoms with Gasteiger partial charge in [0.2, 0.25) is 5.91 Å². The van der Waals surface area contributed by atoms with Gasteiger partial charge in [-0.15, -0.1) is 0 Å². The lowest BCUT2D eigenvalue weighted by atomic mass is 10.0. The summed E-state index contributed by atoms with van der Waals surface area (Å²) in [6.45, 7) is 3.13. The summed E-state index contributed by atoms with van der Waals surface area (Å²) >= 11 is 0. The maximum atomic E-state index is 12.4. The van der Waals surface area contributed by atoms with Crippen molar-refractivity contribution in [2.24, 2.45) is 5.92 Å². The summed E-state index contributed by atoms with van der Waals surface area (Å²) in [5.74, 6) is 0.735. The molecular formula is C22H28N2O2. The molecule has 4 nitrogen and oxygen atoms in total. The minimum Gasteiger partial charge on any atom is -0.374 e. The van der Waals surface area contributed by atoms with Crippen LogP contribution < -0.4 is 10.6 Å². The Labute approximate surface area is 156 Å². The van der Waals surface area contributed by atoms with E-state index in [0.717, 1.165) is 30.6 Å². The largest absolute Gasteiger partial charge is 0.374 e. The molecular weight excluding hydrogens is 324 g/mol. The fourth-order valence-corrected chi connectivity index (χ4v) is 3.34. The first kappa shape index (κ1) is 18.6. The summed E-state index contributed by atoms with van der Waals surface area (Å²) in [7, 11) is 0. The minimum atomic E-state index is -0.117. The van der Waals surface area contributed by atoms with Gasteiger partial charge in [0, 0.05) is 6.42 Å². The first-order valence-electron chi connectivity index (χ1n) is 9.48. The molecule has 2 aromatic carbocycles. The smallest absolute Gasteiger partial charge is 0.220 e. The molecule has 2 aromatic rings. The molecule has 26 heavy (non-hydrogen) atoms. The van der Waals surface area contributed by atoms with Crippen LogP contribution in [0.4, 0.5) is 0 Å². The van der Waals surface area contributed by atoms with Crippen molar-refractivity contribution in [1.29, 1.82) is 0 Å². The zero-order valence-electron chi connectivity index (χ0n) is 15.2. The van der Waals surface area contributed by atoms with E-state index < -0.39 is 0 Å². The number of hydrogen-bond acceptors (Lipinski definition) is 3. The van der Waals surface area contributed by atoms with Crippen LogP contribution >= 0.6 is 0 Å². The monoisotopic (exact) mass is 352 g/mol. The molecule has 2 N–H and O–H groups in total. The van der Waals surface area contributed by atoms with E-state index in [2.05, 4.69) is 10.6 Å². The van der Waals surface area contributed by atoms with Crippen molar-refractivity contribution in [3.63, 3.8) is 0 Å². The van der Waals surface area contributed by atoms with Crippen molar-refractivity contribution >= 4 is 5.91 Å². The second-order valence-electron chi connectivity index (χ2n) is 6.93. The van der Waals surface area contributed by atoms with Gasteiger partial charge in [-0.25, -0.2) is 0 Å². The van der Waals surface area contributed by atoms with Gasteiger partial charge in [0.05, 0.1) is 19.3 Å². The third kappa shape index (κ3) is 5.97. The van der Waals surface area contributed by atoms with E-state index in [1.165, 1.54) is 6.42 Å². The Morgan fingerprint density at radius 1 is 1.12 bits per heavy atom. The molecule has 1 aliphatic heterocycles. The number of amides is 1. The van der Waals surface area contributed by atoms with Gasteiger partial charge >= 0.3 is 0 Å². The quantitative estimate of drug-likeness (QED) is 0.727. The zero-order chi connectivity index (χ0) is 18.0. The lowest BCUT2D eigenvalue weighted by molar-refractivity contribution is -0.122. The van der Waals surface area contributed by atoms with E-state index in [0.29, 0.717) is 25.6 Å². The lowest BCUT2D eigenvalue weighted by Gasteiger charge is -2.20. The van der Waals surface area contributed by atoms with Crippen molar-refractivity contribution in [2.75, 3.05) is 19.7 Å². The molecule has 0 radical (unpaired) electrons. The van der Waals surface area contributed by atoms with E-state index in [-0.39, 0.29) is 11.9 Å². The Morgan fingerprint density at radius 2 is 1.85 bits per heavy atom. The SMILES string of the molecule is O=C(CCC1CCNC1)NC(COCc1ccccc1)c1ccccc1. The molecule has 0 aliphatic carbocycles. The van der Waals surface area contributed by atoms with Crippen molar-refractivity contribution in [3.05, 3.63) is 71.8 Å². The summed E-state index contributed by atoms with van der Waals surface area (Å²) < 4.78 is 5.89. The summed E-state index contributed by atoms with van der Waals surface area (Å²) in [5.41, 5.74) is 2.22. The second kappa shape index (κ2) is 10.1. The van der Waals surface area contributed by atoms with Gasteiger partial charge in [0.15, 0.2) is 0 Å². The van der Waals surface area contributed by atoms with Crippen molar-refractivity contribution in [1.82, 2.24) is 10.6 Å². The molecule has 4 heteroatoms. The molecule has 0 bridgehead atoms. The third-order valence-corrected chi connectivity index (χ3v) is 4.88. The number of carbonyl (C=O) groups is 1. The van der Waals surface area contributed by atoms with Gasteiger partial charge in [-0.05, 0) is 43.0 Å². The second-order valence-corrected chi connectivity index (χ2v) is 6.93. The standard InChI is InChI=1S/C22H28N2O2/c25-22(12-11-18-13-14-23-15-18)24-21(20-9-5-2-6-10-20)17-26-16-19-7-3-1-4-8-19/h1-10,18,21,23H,11-17H2,(H,24,25). The Morgan fingerprint density at radius 3 is 2.54 bits per heavy atom. The summed E-state index contributed by atoms with van der Waals surface area (Å²) in [6, 6.07) is 20.0. The van der Waals surface area contributed by atoms with E-state index in [1.807, 2.05) is 60.7 Å². The van der Waals surface area contributed by atoms with Crippen LogP contribution in [-0.4, -0.2) is 25.6 Å². The lowest BCUT2D eigenvalue weighted by Crippen LogP contribution is -2.31. The molecule has 0 aromatic heterocycles. The minimum absolute atomic E-state index is 0.106. The van der Waals surface area contributed by atoms with Crippen LogP contribution in [0, 0.1) is 5.92 Å². The van der Waals surface area contributed by atoms with Crippen LogP contribution in [0.1, 0.15) is 36.4 Å². The van der Waals surface area contributed by atoms with E-state index in [9.17, 15) is 4.79 Å². The summed E-state index contributed by atoms with van der Waals surface area (Å²) in [4.78, 5) is 12.4. The number of carbonyl (C=O) groups excluding carboxylic acids is 1. The Hall–Kier alpha value is -2.17. The molecule has 2 unspecified atom stereocenters. The van der Waals surface area contributed by atoms with Crippen molar-refractivity contribution in [3.8, 4) is 0 Å². The molecule has 0 saturated carbocycles. The highest BCUT2D eigenvalue weighted by Crippen LogP contribution is 2.17. The number of benzene rings is 2. The van der Waals surface area contributed by atoms with Crippen LogP contribution in [0.15, 0.2) is 60.7 Å². The number of hydrogen-bond donors (Lipinski definition) is 2. The molecule has 1 saturated heterocycles. The van der Waals surface area contributed by atoms with Crippen LogP contribution in [0.5, 0.6) is 0 Å². The molecule has 1 heterocycles. The molecule has 1 amide bonds. The third-order valence-electron chi connectivity index (χ3n) is 4.88. The number of ether oxygens (including phenoxy) is 1. The maximum Gasteiger partial charge on any atom is 0.220 e. The maximum absolute atomic E-state index is 12.4. The highest BCUT2D eigenvalue weighted by atomic mass is 16.5. The van der Waals surface area contributed by atoms with Gasteiger partial charge in [0.25, 0.3) is 0 Å². The zero-order valence-corrected chi connectivity index (χ0v) is 15.2. The predicted octanol–water partition coefficient (Wildman–Crippen LogP) is 3.45. The molecule has 3 rings (SSSR count). The van der Waals surface area contributed by atoms with Crippen LogP contribution in [0.3, 0.4) is 0 Å². The van der Waals surface area contributed by atoms with Gasteiger partial charge in [-0.2, -0.15) is 0 Å². The van der Waals surface area contributed by atoms with Crippen LogP contribution in [0.25, 0.3) is 0 Å². The Bertz CT molecular complexity index is 654. The Kier molecular flexibility index (Phi) is 7.23. The van der Waals surface area contributed by atoms with E-state index >= 15 is 0 Å². The summed E-state index contributed by atoms with van der Waals surface area (Å²) in [6.07, 6.45) is 2.70. The molecule has 138 valence electrons. The van der Waals surface area contributed by atoms with Crippen LogP contribution in [0.2, 0.25) is 0 Å². The van der Waals surface area contributed by atoms with Gasteiger partial charge < -0.3 is 15.4 Å². The first-order valence-corrected chi connectivity index (χ1v) is 9.48. The molecule has 0 spiro atoms. The van der Waals surface area contributed by atoms with E-state index in [1.54, 1.807) is 0 Å². The predicted molar refractivity (Wildman–Crippen MR) is 104 cm³/mol. The highest BCUT2D eigenvalue weighted by Gasteiger charge is 2.18. The highest BCUT2D eigenvalue weighted by molar-refractivity contribution is 5.76. The fourth-order valence-electron chi connectivity index (χ4n) is 3.34. The number of rotatable bonds is 9. The summed E-state index contributed by atoms with van der Waals surface area (Å²) in [5, 5.41) is 6.51. The van der Waals surface area contributed by atoms with Gasteiger partial charge in [-0.1, -0.05) is 60.7 Å². The van der Waals surface area contributed by atoms with Crippen molar-refractivity contribution in [2.45, 2.75) is 31.9 Å². The molecule has 1 fully saturated rings. The fraction of sp³-hybridized carbons (Fsp3) is 0.409. The molecule has 1 aliphatic rings.